The van der Waals surface area contributed by atoms with Crippen LogP contribution in [0.2, 0.25) is 0 Å². The number of ether oxygens (including phenoxy) is 1. The maximum absolute atomic E-state index is 11.9. The summed E-state index contributed by atoms with van der Waals surface area (Å²) < 4.78 is 5.11. The van der Waals surface area contributed by atoms with Gasteiger partial charge in [-0.2, -0.15) is 0 Å². The Labute approximate surface area is 139 Å². The first-order chi connectivity index (χ1) is 11.3. The van der Waals surface area contributed by atoms with Crippen molar-refractivity contribution in [3.8, 4) is 0 Å². The molecule has 0 aromatic rings. The van der Waals surface area contributed by atoms with Gasteiger partial charge in [-0.1, -0.05) is 19.8 Å². The van der Waals surface area contributed by atoms with Crippen molar-refractivity contribution >= 4 is 11.9 Å². The van der Waals surface area contributed by atoms with Crippen molar-refractivity contribution in [2.75, 3.05) is 6.61 Å². The van der Waals surface area contributed by atoms with E-state index in [4.69, 9.17) is 14.9 Å². The molecule has 5 atom stereocenters. The van der Waals surface area contributed by atoms with Gasteiger partial charge in [-0.25, -0.2) is 4.79 Å². The Kier molecular flexibility index (Phi) is 8.13. The lowest BCUT2D eigenvalue weighted by Crippen LogP contribution is -2.60. The fourth-order valence-corrected chi connectivity index (χ4v) is 2.40. The van der Waals surface area contributed by atoms with E-state index in [1.54, 1.807) is 0 Å². The highest BCUT2D eigenvalue weighted by molar-refractivity contribution is 5.84. The molecule has 0 bridgehead atoms. The third-order valence-corrected chi connectivity index (χ3v) is 3.77. The molecule has 0 saturated heterocycles. The maximum atomic E-state index is 11.9. The van der Waals surface area contributed by atoms with Crippen LogP contribution in [-0.4, -0.2) is 74.5 Å². The predicted octanol–water partition coefficient (Wildman–Crippen LogP) is -1.51. The van der Waals surface area contributed by atoms with Gasteiger partial charge in [0, 0.05) is 6.42 Å². The molecule has 6 N–H and O–H groups in total. The molecular formula is C15H25NO8. The number of hydrogen-bond donors (Lipinski definition) is 6. The molecule has 9 heteroatoms. The monoisotopic (exact) mass is 347 g/mol. The van der Waals surface area contributed by atoms with Gasteiger partial charge >= 0.3 is 5.97 Å². The van der Waals surface area contributed by atoms with Crippen LogP contribution < -0.4 is 5.32 Å². The van der Waals surface area contributed by atoms with Crippen LogP contribution in [0.3, 0.4) is 0 Å². The van der Waals surface area contributed by atoms with E-state index in [1.165, 1.54) is 0 Å². The molecule has 1 aliphatic rings. The van der Waals surface area contributed by atoms with Crippen molar-refractivity contribution in [1.82, 2.24) is 5.32 Å². The summed E-state index contributed by atoms with van der Waals surface area (Å²) in [6, 6.07) is -1.15. The van der Waals surface area contributed by atoms with E-state index in [-0.39, 0.29) is 12.3 Å². The summed E-state index contributed by atoms with van der Waals surface area (Å²) in [4.78, 5) is 23.0. The van der Waals surface area contributed by atoms with Crippen molar-refractivity contribution in [2.45, 2.75) is 63.1 Å². The van der Waals surface area contributed by atoms with Gasteiger partial charge in [-0.05, 0) is 12.5 Å². The number of aliphatic carboxylic acids is 1. The number of nitrogens with one attached hydrogen (secondary N) is 1. The molecule has 0 saturated carbocycles. The van der Waals surface area contributed by atoms with Gasteiger partial charge in [0.05, 0.1) is 12.6 Å². The molecule has 0 aromatic heterocycles. The van der Waals surface area contributed by atoms with E-state index in [0.29, 0.717) is 6.42 Å². The average molecular weight is 347 g/mol. The SMILES string of the molecule is CCCCCC(=O)NC1C(C(O)C(O)CO)OC(C(=O)O)=C[C@H]1O. The zero-order valence-electron chi connectivity index (χ0n) is 13.5. The molecule has 1 amide bonds. The van der Waals surface area contributed by atoms with Crippen molar-refractivity contribution < 1.29 is 39.9 Å². The molecule has 9 nitrogen and oxygen atoms in total. The van der Waals surface area contributed by atoms with Gasteiger partial charge in [0.25, 0.3) is 0 Å². The van der Waals surface area contributed by atoms with E-state index in [1.807, 2.05) is 6.92 Å². The van der Waals surface area contributed by atoms with Gasteiger partial charge < -0.3 is 35.6 Å². The number of carbonyl (C=O) groups excluding carboxylic acids is 1. The Morgan fingerprint density at radius 1 is 1.33 bits per heavy atom. The van der Waals surface area contributed by atoms with E-state index >= 15 is 0 Å². The lowest BCUT2D eigenvalue weighted by molar-refractivity contribution is -0.149. The summed E-state index contributed by atoms with van der Waals surface area (Å²) in [6.07, 6.45) is -2.62. The second-order valence-corrected chi connectivity index (χ2v) is 5.70. The topological polar surface area (TPSA) is 157 Å². The normalized spacial score (nSPS) is 26.0. The highest BCUT2D eigenvalue weighted by Crippen LogP contribution is 2.23. The van der Waals surface area contributed by atoms with Crippen LogP contribution >= 0.6 is 0 Å². The second kappa shape index (κ2) is 9.58. The molecule has 0 spiro atoms. The standard InChI is InChI=1S/C15H25NO8/c1-2-3-4-5-11(20)16-12-8(18)6-10(15(22)23)24-14(12)13(21)9(19)7-17/h6,8-9,12-14,17-19,21H,2-5,7H2,1H3,(H,16,20)(H,22,23)/t8-,9?,12?,13?,14?/m1/s1. The Bertz CT molecular complexity index is 466. The fraction of sp³-hybridized carbons (Fsp3) is 0.733. The average Bonchev–Trinajstić information content (AvgIpc) is 2.55. The minimum absolute atomic E-state index is 0.206. The Balaban J connectivity index is 2.90. The number of aliphatic hydroxyl groups excluding tert-OH is 4. The molecule has 1 heterocycles. The number of aliphatic hydroxyl groups is 4. The highest BCUT2D eigenvalue weighted by Gasteiger charge is 2.43. The zero-order chi connectivity index (χ0) is 18.3. The van der Waals surface area contributed by atoms with Gasteiger partial charge in [0.2, 0.25) is 11.7 Å². The Morgan fingerprint density at radius 2 is 2.00 bits per heavy atom. The van der Waals surface area contributed by atoms with Crippen molar-refractivity contribution in [2.24, 2.45) is 0 Å². The first kappa shape index (κ1) is 20.4. The fourth-order valence-electron chi connectivity index (χ4n) is 2.40. The number of carboxylic acids is 1. The lowest BCUT2D eigenvalue weighted by Gasteiger charge is -2.38. The van der Waals surface area contributed by atoms with Crippen LogP contribution in [0.5, 0.6) is 0 Å². The summed E-state index contributed by atoms with van der Waals surface area (Å²) in [5, 5.41) is 50.1. The quantitative estimate of drug-likeness (QED) is 0.275. The molecule has 24 heavy (non-hydrogen) atoms. The van der Waals surface area contributed by atoms with Crippen LogP contribution in [0.1, 0.15) is 32.6 Å². The van der Waals surface area contributed by atoms with Crippen LogP contribution in [0.4, 0.5) is 0 Å². The Hall–Kier alpha value is -1.68. The summed E-state index contributed by atoms with van der Waals surface area (Å²) in [7, 11) is 0. The van der Waals surface area contributed by atoms with E-state index in [0.717, 1.165) is 18.9 Å². The highest BCUT2D eigenvalue weighted by atomic mass is 16.5. The van der Waals surface area contributed by atoms with Crippen molar-refractivity contribution in [1.29, 1.82) is 0 Å². The van der Waals surface area contributed by atoms with E-state index < -0.39 is 48.8 Å². The molecule has 0 aromatic carbocycles. The van der Waals surface area contributed by atoms with Gasteiger partial charge in [0.1, 0.15) is 18.3 Å². The number of amides is 1. The van der Waals surface area contributed by atoms with Gasteiger partial charge in [-0.3, -0.25) is 4.79 Å². The lowest BCUT2D eigenvalue weighted by atomic mass is 9.93. The second-order valence-electron chi connectivity index (χ2n) is 5.70. The molecule has 0 fully saturated rings. The first-order valence-corrected chi connectivity index (χ1v) is 7.88. The summed E-state index contributed by atoms with van der Waals surface area (Å²) in [5.41, 5.74) is 0. The van der Waals surface area contributed by atoms with Crippen molar-refractivity contribution in [3.63, 3.8) is 0 Å². The van der Waals surface area contributed by atoms with E-state index in [9.17, 15) is 24.9 Å². The van der Waals surface area contributed by atoms with E-state index in [2.05, 4.69) is 5.32 Å². The molecule has 138 valence electrons. The third kappa shape index (κ3) is 5.45. The number of unbranched alkanes of at least 4 members (excludes halogenated alkanes) is 2. The largest absolute Gasteiger partial charge is 0.478 e. The van der Waals surface area contributed by atoms with Crippen LogP contribution in [-0.2, 0) is 14.3 Å². The first-order valence-electron chi connectivity index (χ1n) is 7.88. The molecule has 0 radical (unpaired) electrons. The smallest absolute Gasteiger partial charge is 0.370 e. The number of rotatable bonds is 9. The molecular weight excluding hydrogens is 322 g/mol. The summed E-state index contributed by atoms with van der Waals surface area (Å²) >= 11 is 0. The third-order valence-electron chi connectivity index (χ3n) is 3.77. The van der Waals surface area contributed by atoms with Crippen LogP contribution in [0, 0.1) is 0 Å². The van der Waals surface area contributed by atoms with Crippen molar-refractivity contribution in [3.05, 3.63) is 11.8 Å². The number of carboxylic acid groups (broad SMARTS) is 1. The summed E-state index contributed by atoms with van der Waals surface area (Å²) in [6.45, 7) is 1.19. The summed E-state index contributed by atoms with van der Waals surface area (Å²) in [5.74, 6) is -2.45. The minimum Gasteiger partial charge on any atom is -0.478 e. The minimum atomic E-state index is -1.70. The molecule has 0 aliphatic carbocycles. The molecule has 1 rings (SSSR count). The zero-order valence-corrected chi connectivity index (χ0v) is 13.5. The van der Waals surface area contributed by atoms with Gasteiger partial charge in [0.15, 0.2) is 6.10 Å². The predicted molar refractivity (Wildman–Crippen MR) is 81.8 cm³/mol. The maximum Gasteiger partial charge on any atom is 0.370 e. The van der Waals surface area contributed by atoms with Crippen LogP contribution in [0.15, 0.2) is 11.8 Å². The number of hydrogen-bond acceptors (Lipinski definition) is 7. The molecule has 4 unspecified atom stereocenters. The van der Waals surface area contributed by atoms with Crippen LogP contribution in [0.25, 0.3) is 0 Å². The number of carbonyl (C=O) groups is 2. The van der Waals surface area contributed by atoms with Gasteiger partial charge in [-0.15, -0.1) is 0 Å². The Morgan fingerprint density at radius 3 is 2.54 bits per heavy atom. The molecule has 1 aliphatic heterocycles.